The minimum Gasteiger partial charge on any atom is -0.468 e. The second kappa shape index (κ2) is 5.53. The minimum atomic E-state index is 0.695. The van der Waals surface area contributed by atoms with E-state index in [4.69, 9.17) is 4.42 Å². The van der Waals surface area contributed by atoms with Crippen LogP contribution in [0, 0.1) is 11.8 Å². The highest BCUT2D eigenvalue weighted by Gasteiger charge is 2.22. The molecule has 1 aliphatic carbocycles. The molecule has 2 heteroatoms. The first kappa shape index (κ1) is 11.7. The molecule has 0 bridgehead atoms. The second-order valence-corrected chi connectivity index (χ2v) is 5.32. The molecule has 1 heterocycles. The molecule has 1 aliphatic rings. The van der Waals surface area contributed by atoms with Gasteiger partial charge < -0.3 is 9.73 Å². The smallest absolute Gasteiger partial charge is 0.117 e. The zero-order chi connectivity index (χ0) is 11.4. The normalized spacial score (nSPS) is 26.2. The van der Waals surface area contributed by atoms with E-state index in [1.165, 1.54) is 25.7 Å². The molecule has 16 heavy (non-hydrogen) atoms. The SMILES string of the molecule is CC(C)C1CCC(NCc2ccco2)CC1. The molecule has 90 valence electrons. The predicted molar refractivity (Wildman–Crippen MR) is 66.1 cm³/mol. The van der Waals surface area contributed by atoms with Gasteiger partial charge in [-0.3, -0.25) is 0 Å². The van der Waals surface area contributed by atoms with Crippen LogP contribution in [-0.2, 0) is 6.54 Å². The summed E-state index contributed by atoms with van der Waals surface area (Å²) in [5.41, 5.74) is 0. The quantitative estimate of drug-likeness (QED) is 0.840. The molecular weight excluding hydrogens is 198 g/mol. The largest absolute Gasteiger partial charge is 0.468 e. The fraction of sp³-hybridized carbons (Fsp3) is 0.714. The third kappa shape index (κ3) is 3.11. The average molecular weight is 221 g/mol. The molecule has 0 amide bonds. The molecule has 1 fully saturated rings. The van der Waals surface area contributed by atoms with Gasteiger partial charge in [-0.1, -0.05) is 13.8 Å². The van der Waals surface area contributed by atoms with Crippen LogP contribution in [0.5, 0.6) is 0 Å². The zero-order valence-corrected chi connectivity index (χ0v) is 10.4. The lowest BCUT2D eigenvalue weighted by Crippen LogP contribution is -2.33. The number of hydrogen-bond donors (Lipinski definition) is 1. The maximum atomic E-state index is 5.32. The van der Waals surface area contributed by atoms with Gasteiger partial charge in [-0.15, -0.1) is 0 Å². The summed E-state index contributed by atoms with van der Waals surface area (Å²) in [5.74, 6) is 2.85. The van der Waals surface area contributed by atoms with Gasteiger partial charge >= 0.3 is 0 Å². The van der Waals surface area contributed by atoms with Crippen molar-refractivity contribution in [1.29, 1.82) is 0 Å². The van der Waals surface area contributed by atoms with Crippen LogP contribution in [0.4, 0.5) is 0 Å². The molecule has 0 saturated heterocycles. The van der Waals surface area contributed by atoms with Crippen molar-refractivity contribution in [2.45, 2.75) is 52.1 Å². The van der Waals surface area contributed by atoms with Crippen molar-refractivity contribution in [3.63, 3.8) is 0 Å². The van der Waals surface area contributed by atoms with Crippen LogP contribution in [0.25, 0.3) is 0 Å². The van der Waals surface area contributed by atoms with Crippen LogP contribution in [0.1, 0.15) is 45.3 Å². The summed E-state index contributed by atoms with van der Waals surface area (Å²) in [5, 5.41) is 3.59. The molecule has 2 nitrogen and oxygen atoms in total. The van der Waals surface area contributed by atoms with Crippen LogP contribution >= 0.6 is 0 Å². The van der Waals surface area contributed by atoms with E-state index in [9.17, 15) is 0 Å². The average Bonchev–Trinajstić information content (AvgIpc) is 2.80. The summed E-state index contributed by atoms with van der Waals surface area (Å²) in [4.78, 5) is 0. The van der Waals surface area contributed by atoms with E-state index in [1.807, 2.05) is 12.1 Å². The highest BCUT2D eigenvalue weighted by Crippen LogP contribution is 2.29. The first-order chi connectivity index (χ1) is 7.75. The summed E-state index contributed by atoms with van der Waals surface area (Å²) in [6.45, 7) is 5.58. The molecule has 0 aromatic carbocycles. The molecule has 0 radical (unpaired) electrons. The van der Waals surface area contributed by atoms with Gasteiger partial charge in [-0.2, -0.15) is 0 Å². The lowest BCUT2D eigenvalue weighted by molar-refractivity contribution is 0.235. The minimum absolute atomic E-state index is 0.695. The molecule has 0 unspecified atom stereocenters. The first-order valence-electron chi connectivity index (χ1n) is 6.51. The van der Waals surface area contributed by atoms with Crippen LogP contribution in [0.2, 0.25) is 0 Å². The third-order valence-corrected chi connectivity index (χ3v) is 3.86. The van der Waals surface area contributed by atoms with Crippen molar-refractivity contribution >= 4 is 0 Å². The van der Waals surface area contributed by atoms with Crippen LogP contribution < -0.4 is 5.32 Å². The molecule has 0 spiro atoms. The van der Waals surface area contributed by atoms with E-state index in [1.54, 1.807) is 6.26 Å². The Hall–Kier alpha value is -0.760. The van der Waals surface area contributed by atoms with Crippen LogP contribution in [0.15, 0.2) is 22.8 Å². The maximum Gasteiger partial charge on any atom is 0.117 e. The monoisotopic (exact) mass is 221 g/mol. The molecular formula is C14H23NO. The van der Waals surface area contributed by atoms with Gasteiger partial charge in [0.25, 0.3) is 0 Å². The Morgan fingerprint density at radius 3 is 2.62 bits per heavy atom. The Morgan fingerprint density at radius 2 is 2.06 bits per heavy atom. The summed E-state index contributed by atoms with van der Waals surface area (Å²) in [7, 11) is 0. The van der Waals surface area contributed by atoms with Gasteiger partial charge in [-0.25, -0.2) is 0 Å². The van der Waals surface area contributed by atoms with Crippen molar-refractivity contribution in [3.05, 3.63) is 24.2 Å². The first-order valence-corrected chi connectivity index (χ1v) is 6.51. The van der Waals surface area contributed by atoms with E-state index in [0.29, 0.717) is 6.04 Å². The zero-order valence-electron chi connectivity index (χ0n) is 10.4. The van der Waals surface area contributed by atoms with E-state index in [-0.39, 0.29) is 0 Å². The summed E-state index contributed by atoms with van der Waals surface area (Å²) in [6, 6.07) is 4.68. The molecule has 0 aliphatic heterocycles. The van der Waals surface area contributed by atoms with Crippen molar-refractivity contribution < 1.29 is 4.42 Å². The second-order valence-electron chi connectivity index (χ2n) is 5.32. The number of hydrogen-bond acceptors (Lipinski definition) is 2. The number of nitrogens with one attached hydrogen (secondary N) is 1. The van der Waals surface area contributed by atoms with E-state index in [0.717, 1.165) is 24.1 Å². The summed E-state index contributed by atoms with van der Waals surface area (Å²) < 4.78 is 5.32. The third-order valence-electron chi connectivity index (χ3n) is 3.86. The molecule has 1 N–H and O–H groups in total. The van der Waals surface area contributed by atoms with Crippen LogP contribution in [0.3, 0.4) is 0 Å². The highest BCUT2D eigenvalue weighted by molar-refractivity contribution is 4.98. The number of rotatable bonds is 4. The fourth-order valence-corrected chi connectivity index (χ4v) is 2.65. The summed E-state index contributed by atoms with van der Waals surface area (Å²) in [6.07, 6.45) is 7.15. The van der Waals surface area contributed by atoms with Crippen molar-refractivity contribution in [3.8, 4) is 0 Å². The van der Waals surface area contributed by atoms with Crippen molar-refractivity contribution in [2.75, 3.05) is 0 Å². The number of furan rings is 1. The molecule has 0 atom stereocenters. The molecule has 1 aromatic rings. The highest BCUT2D eigenvalue weighted by atomic mass is 16.3. The van der Waals surface area contributed by atoms with E-state index >= 15 is 0 Å². The van der Waals surface area contributed by atoms with E-state index in [2.05, 4.69) is 19.2 Å². The van der Waals surface area contributed by atoms with Crippen molar-refractivity contribution in [2.24, 2.45) is 11.8 Å². The Balaban J connectivity index is 1.69. The van der Waals surface area contributed by atoms with Gasteiger partial charge in [0.05, 0.1) is 12.8 Å². The predicted octanol–water partition coefficient (Wildman–Crippen LogP) is 3.58. The molecule has 1 saturated carbocycles. The summed E-state index contributed by atoms with van der Waals surface area (Å²) >= 11 is 0. The van der Waals surface area contributed by atoms with Gasteiger partial charge in [0, 0.05) is 6.04 Å². The van der Waals surface area contributed by atoms with E-state index < -0.39 is 0 Å². The van der Waals surface area contributed by atoms with Gasteiger partial charge in [0.15, 0.2) is 0 Å². The Labute approximate surface area is 98.4 Å². The van der Waals surface area contributed by atoms with Gasteiger partial charge in [0.2, 0.25) is 0 Å². The topological polar surface area (TPSA) is 25.2 Å². The molecule has 2 rings (SSSR count). The van der Waals surface area contributed by atoms with Crippen LogP contribution in [-0.4, -0.2) is 6.04 Å². The van der Waals surface area contributed by atoms with Gasteiger partial charge in [-0.05, 0) is 49.7 Å². The Bertz CT molecular complexity index is 284. The molecule has 1 aromatic heterocycles. The standard InChI is InChI=1S/C14H23NO/c1-11(2)12-5-7-13(8-6-12)15-10-14-4-3-9-16-14/h3-4,9,11-13,15H,5-8,10H2,1-2H3. The maximum absolute atomic E-state index is 5.32. The lowest BCUT2D eigenvalue weighted by atomic mass is 9.80. The Morgan fingerprint density at radius 1 is 1.31 bits per heavy atom. The van der Waals surface area contributed by atoms with Crippen molar-refractivity contribution in [1.82, 2.24) is 5.32 Å². The Kier molecular flexibility index (Phi) is 4.05. The van der Waals surface area contributed by atoms with Gasteiger partial charge in [0.1, 0.15) is 5.76 Å². The lowest BCUT2D eigenvalue weighted by Gasteiger charge is -2.31. The fourth-order valence-electron chi connectivity index (χ4n) is 2.65.